The standard InChI is InChI=1S/C13H17N3OS/c1-17-9-3-4-11-10(7-9)15-12(14)16(11)8-13(18-2)5-6-13/h3-4,7H,5-6,8H2,1-2H3,(H2,14,15). The van der Waals surface area contributed by atoms with Gasteiger partial charge in [-0.2, -0.15) is 11.8 Å². The summed E-state index contributed by atoms with van der Waals surface area (Å²) in [6.45, 7) is 0.947. The zero-order valence-corrected chi connectivity index (χ0v) is 11.5. The summed E-state index contributed by atoms with van der Waals surface area (Å²) in [6.07, 6.45) is 4.71. The van der Waals surface area contributed by atoms with E-state index in [0.717, 1.165) is 23.3 Å². The first-order valence-corrected chi connectivity index (χ1v) is 7.25. The molecule has 1 aromatic carbocycles. The van der Waals surface area contributed by atoms with Crippen molar-refractivity contribution in [1.82, 2.24) is 9.55 Å². The van der Waals surface area contributed by atoms with Crippen LogP contribution in [0.15, 0.2) is 18.2 Å². The lowest BCUT2D eigenvalue weighted by Crippen LogP contribution is -2.15. The van der Waals surface area contributed by atoms with Gasteiger partial charge >= 0.3 is 0 Å². The second-order valence-corrected chi connectivity index (χ2v) is 6.07. The van der Waals surface area contributed by atoms with Crippen LogP contribution in [-0.2, 0) is 6.54 Å². The first-order valence-electron chi connectivity index (χ1n) is 6.02. The molecule has 18 heavy (non-hydrogen) atoms. The summed E-state index contributed by atoms with van der Waals surface area (Å²) in [4.78, 5) is 4.42. The summed E-state index contributed by atoms with van der Waals surface area (Å²) in [5, 5.41) is 0. The molecule has 0 bridgehead atoms. The molecule has 0 spiro atoms. The fourth-order valence-corrected chi connectivity index (χ4v) is 3.04. The van der Waals surface area contributed by atoms with Crippen LogP contribution in [0.1, 0.15) is 12.8 Å². The predicted molar refractivity (Wildman–Crippen MR) is 76.2 cm³/mol. The van der Waals surface area contributed by atoms with E-state index in [1.807, 2.05) is 30.0 Å². The average Bonchev–Trinajstić information content (AvgIpc) is 3.10. The van der Waals surface area contributed by atoms with Gasteiger partial charge in [0.05, 0.1) is 18.1 Å². The lowest BCUT2D eigenvalue weighted by Gasteiger charge is -2.14. The molecule has 0 amide bonds. The van der Waals surface area contributed by atoms with Crippen molar-refractivity contribution >= 4 is 28.7 Å². The number of imidazole rings is 1. The van der Waals surface area contributed by atoms with Crippen LogP contribution >= 0.6 is 11.8 Å². The molecule has 1 saturated carbocycles. The van der Waals surface area contributed by atoms with E-state index in [9.17, 15) is 0 Å². The molecule has 2 N–H and O–H groups in total. The van der Waals surface area contributed by atoms with Crippen LogP contribution < -0.4 is 10.5 Å². The minimum Gasteiger partial charge on any atom is -0.497 e. The Labute approximate surface area is 111 Å². The zero-order chi connectivity index (χ0) is 12.8. The summed E-state index contributed by atoms with van der Waals surface area (Å²) in [5.41, 5.74) is 8.03. The van der Waals surface area contributed by atoms with Gasteiger partial charge in [0, 0.05) is 17.4 Å². The second-order valence-electron chi connectivity index (χ2n) is 4.80. The van der Waals surface area contributed by atoms with Crippen molar-refractivity contribution in [2.24, 2.45) is 0 Å². The number of fused-ring (bicyclic) bond motifs is 1. The highest BCUT2D eigenvalue weighted by Gasteiger charge is 2.42. The number of aromatic nitrogens is 2. The van der Waals surface area contributed by atoms with Crippen LogP contribution in [0.2, 0.25) is 0 Å². The third-order valence-corrected chi connectivity index (χ3v) is 5.08. The summed E-state index contributed by atoms with van der Waals surface area (Å²) in [5.74, 6) is 1.41. The molecule has 0 aliphatic heterocycles. The van der Waals surface area contributed by atoms with Gasteiger partial charge in [0.25, 0.3) is 0 Å². The van der Waals surface area contributed by atoms with E-state index >= 15 is 0 Å². The van der Waals surface area contributed by atoms with E-state index < -0.39 is 0 Å². The number of hydrogen-bond donors (Lipinski definition) is 1. The molecule has 1 aliphatic carbocycles. The number of benzene rings is 1. The van der Waals surface area contributed by atoms with Gasteiger partial charge < -0.3 is 15.0 Å². The number of anilines is 1. The number of methoxy groups -OCH3 is 1. The normalized spacial score (nSPS) is 17.0. The molecule has 0 saturated heterocycles. The van der Waals surface area contributed by atoms with Crippen molar-refractivity contribution < 1.29 is 4.74 Å². The van der Waals surface area contributed by atoms with Crippen molar-refractivity contribution in [2.75, 3.05) is 19.1 Å². The average molecular weight is 263 g/mol. The molecule has 0 unspecified atom stereocenters. The van der Waals surface area contributed by atoms with Gasteiger partial charge in [0.15, 0.2) is 0 Å². The molecule has 1 aliphatic rings. The lowest BCUT2D eigenvalue weighted by atomic mass is 10.3. The van der Waals surface area contributed by atoms with Crippen LogP contribution in [0.25, 0.3) is 11.0 Å². The molecule has 5 heteroatoms. The highest BCUT2D eigenvalue weighted by Crippen LogP contribution is 2.49. The first kappa shape index (κ1) is 11.7. The van der Waals surface area contributed by atoms with Crippen molar-refractivity contribution in [2.45, 2.75) is 24.1 Å². The summed E-state index contributed by atoms with van der Waals surface area (Å²) in [7, 11) is 1.66. The number of nitrogen functional groups attached to an aromatic ring is 1. The van der Waals surface area contributed by atoms with Gasteiger partial charge in [0.1, 0.15) is 5.75 Å². The lowest BCUT2D eigenvalue weighted by molar-refractivity contribution is 0.415. The van der Waals surface area contributed by atoms with Gasteiger partial charge in [-0.1, -0.05) is 0 Å². The number of nitrogens with zero attached hydrogens (tertiary/aromatic N) is 2. The smallest absolute Gasteiger partial charge is 0.201 e. The van der Waals surface area contributed by atoms with Crippen LogP contribution in [0, 0.1) is 0 Å². The SMILES string of the molecule is COc1ccc2c(c1)nc(N)n2CC1(SC)CC1. The maximum atomic E-state index is 6.04. The van der Waals surface area contributed by atoms with Crippen molar-refractivity contribution in [3.63, 3.8) is 0 Å². The monoisotopic (exact) mass is 263 g/mol. The van der Waals surface area contributed by atoms with E-state index in [0.29, 0.717) is 10.7 Å². The maximum Gasteiger partial charge on any atom is 0.201 e. The molecule has 1 fully saturated rings. The quantitative estimate of drug-likeness (QED) is 0.921. The van der Waals surface area contributed by atoms with E-state index in [4.69, 9.17) is 10.5 Å². The first-order chi connectivity index (χ1) is 8.67. The number of hydrogen-bond acceptors (Lipinski definition) is 4. The Bertz CT molecular complexity index is 589. The van der Waals surface area contributed by atoms with Gasteiger partial charge in [-0.15, -0.1) is 0 Å². The van der Waals surface area contributed by atoms with E-state index in [-0.39, 0.29) is 0 Å². The molecular formula is C13H17N3OS. The van der Waals surface area contributed by atoms with E-state index in [1.54, 1.807) is 7.11 Å². The molecule has 2 aromatic rings. The maximum absolute atomic E-state index is 6.04. The minimum atomic E-state index is 0.377. The highest BCUT2D eigenvalue weighted by atomic mass is 32.2. The topological polar surface area (TPSA) is 53.1 Å². The Kier molecular flexibility index (Phi) is 2.66. The molecule has 0 radical (unpaired) electrons. The fourth-order valence-electron chi connectivity index (χ4n) is 2.28. The largest absolute Gasteiger partial charge is 0.497 e. The van der Waals surface area contributed by atoms with Gasteiger partial charge in [0.2, 0.25) is 5.95 Å². The molecule has 4 nitrogen and oxygen atoms in total. The van der Waals surface area contributed by atoms with Crippen molar-refractivity contribution in [1.29, 1.82) is 0 Å². The van der Waals surface area contributed by atoms with Crippen LogP contribution in [0.5, 0.6) is 5.75 Å². The second kappa shape index (κ2) is 4.09. The Morgan fingerprint density at radius 2 is 2.28 bits per heavy atom. The van der Waals surface area contributed by atoms with Crippen molar-refractivity contribution in [3.05, 3.63) is 18.2 Å². The third kappa shape index (κ3) is 1.82. The minimum absolute atomic E-state index is 0.377. The van der Waals surface area contributed by atoms with Crippen LogP contribution in [0.3, 0.4) is 0 Å². The van der Waals surface area contributed by atoms with Crippen LogP contribution in [-0.4, -0.2) is 27.7 Å². The summed E-state index contributed by atoms with van der Waals surface area (Å²) < 4.78 is 7.71. The van der Waals surface area contributed by atoms with Crippen LogP contribution in [0.4, 0.5) is 5.95 Å². The molecular weight excluding hydrogens is 246 g/mol. The fraction of sp³-hybridized carbons (Fsp3) is 0.462. The van der Waals surface area contributed by atoms with Gasteiger partial charge in [-0.05, 0) is 31.2 Å². The molecule has 3 rings (SSSR count). The number of rotatable bonds is 4. The molecule has 1 heterocycles. The Morgan fingerprint density at radius 1 is 1.50 bits per heavy atom. The van der Waals surface area contributed by atoms with Gasteiger partial charge in [-0.3, -0.25) is 0 Å². The van der Waals surface area contributed by atoms with E-state index in [2.05, 4.69) is 15.8 Å². The van der Waals surface area contributed by atoms with E-state index in [1.165, 1.54) is 12.8 Å². The zero-order valence-electron chi connectivity index (χ0n) is 10.6. The Morgan fingerprint density at radius 3 is 2.89 bits per heavy atom. The van der Waals surface area contributed by atoms with Crippen molar-refractivity contribution in [3.8, 4) is 5.75 Å². The molecule has 1 aromatic heterocycles. The summed E-state index contributed by atoms with van der Waals surface area (Å²) in [6, 6.07) is 5.92. The number of nitrogens with two attached hydrogens (primary N) is 1. The third-order valence-electron chi connectivity index (χ3n) is 3.67. The Balaban J connectivity index is 2.03. The summed E-state index contributed by atoms with van der Waals surface area (Å²) >= 11 is 1.93. The highest BCUT2D eigenvalue weighted by molar-refractivity contribution is 8.00. The van der Waals surface area contributed by atoms with Gasteiger partial charge in [-0.25, -0.2) is 4.98 Å². The number of thioether (sulfide) groups is 1. The Hall–Kier alpha value is -1.36. The molecule has 0 atom stereocenters. The predicted octanol–water partition coefficient (Wildman–Crippen LogP) is 2.52. The number of ether oxygens (including phenoxy) is 1. The molecule has 96 valence electrons.